The number of nitrogens with two attached hydrogens (primary N) is 1. The molecule has 0 bridgehead atoms. The van der Waals surface area contributed by atoms with Crippen LogP contribution in [0.25, 0.3) is 0 Å². The van der Waals surface area contributed by atoms with E-state index in [9.17, 15) is 0 Å². The third-order valence-corrected chi connectivity index (χ3v) is 3.76. The van der Waals surface area contributed by atoms with E-state index >= 15 is 0 Å². The molecule has 1 fully saturated rings. The number of amidine groups is 1. The summed E-state index contributed by atoms with van der Waals surface area (Å²) in [5.41, 5.74) is 6.87. The summed E-state index contributed by atoms with van der Waals surface area (Å²) in [6.07, 6.45) is 1.76. The quantitative estimate of drug-likeness (QED) is 0.608. The van der Waals surface area contributed by atoms with Crippen molar-refractivity contribution in [2.24, 2.45) is 11.7 Å². The molecule has 0 aliphatic carbocycles. The Hall–Kier alpha value is -1.39. The van der Waals surface area contributed by atoms with Crippen LogP contribution in [-0.2, 0) is 4.74 Å². The standard InChI is InChI=1S/C15H23N3O/c1-19-11-12-7-8-18(10-12)14(9-15(16)17)13-5-3-2-4-6-13/h2-6,12,14H,7-11H2,1H3,(H3,16,17). The number of nitrogens with zero attached hydrogens (tertiary/aromatic N) is 1. The Morgan fingerprint density at radius 2 is 2.21 bits per heavy atom. The molecule has 2 atom stereocenters. The van der Waals surface area contributed by atoms with E-state index in [0.717, 1.165) is 26.1 Å². The van der Waals surface area contributed by atoms with Crippen LogP contribution in [0.2, 0.25) is 0 Å². The van der Waals surface area contributed by atoms with Crippen molar-refractivity contribution in [1.29, 1.82) is 5.41 Å². The van der Waals surface area contributed by atoms with Crippen molar-refractivity contribution < 1.29 is 4.74 Å². The molecular formula is C15H23N3O. The Balaban J connectivity index is 2.09. The molecule has 4 heteroatoms. The number of hydrogen-bond donors (Lipinski definition) is 2. The molecule has 0 amide bonds. The van der Waals surface area contributed by atoms with Crippen molar-refractivity contribution in [3.63, 3.8) is 0 Å². The third kappa shape index (κ3) is 3.78. The largest absolute Gasteiger partial charge is 0.388 e. The first-order chi connectivity index (χ1) is 9.20. The number of nitrogens with one attached hydrogen (secondary N) is 1. The van der Waals surface area contributed by atoms with Crippen LogP contribution in [0.15, 0.2) is 30.3 Å². The highest BCUT2D eigenvalue weighted by atomic mass is 16.5. The van der Waals surface area contributed by atoms with Crippen molar-refractivity contribution in [3.05, 3.63) is 35.9 Å². The van der Waals surface area contributed by atoms with E-state index in [1.165, 1.54) is 5.56 Å². The molecular weight excluding hydrogens is 238 g/mol. The lowest BCUT2D eigenvalue weighted by molar-refractivity contribution is 0.147. The SMILES string of the molecule is COCC1CCN(C(CC(=N)N)c2ccccc2)C1. The van der Waals surface area contributed by atoms with Crippen LogP contribution >= 0.6 is 0 Å². The molecule has 0 spiro atoms. The Bertz CT molecular complexity index is 407. The smallest absolute Gasteiger partial charge is 0.0924 e. The van der Waals surface area contributed by atoms with Crippen LogP contribution in [0.3, 0.4) is 0 Å². The summed E-state index contributed by atoms with van der Waals surface area (Å²) < 4.78 is 5.25. The van der Waals surface area contributed by atoms with Crippen LogP contribution in [-0.4, -0.2) is 37.5 Å². The zero-order valence-corrected chi connectivity index (χ0v) is 11.5. The van der Waals surface area contributed by atoms with Gasteiger partial charge in [-0.3, -0.25) is 10.3 Å². The number of hydrogen-bond acceptors (Lipinski definition) is 3. The molecule has 1 aliphatic heterocycles. The lowest BCUT2D eigenvalue weighted by atomic mass is 10.0. The Morgan fingerprint density at radius 3 is 2.84 bits per heavy atom. The Kier molecular flexibility index (Phi) is 4.93. The fraction of sp³-hybridized carbons (Fsp3) is 0.533. The van der Waals surface area contributed by atoms with E-state index in [4.69, 9.17) is 15.9 Å². The zero-order chi connectivity index (χ0) is 13.7. The molecule has 104 valence electrons. The average Bonchev–Trinajstić information content (AvgIpc) is 2.86. The third-order valence-electron chi connectivity index (χ3n) is 3.76. The summed E-state index contributed by atoms with van der Waals surface area (Å²) in [4.78, 5) is 2.43. The second-order valence-corrected chi connectivity index (χ2v) is 5.26. The van der Waals surface area contributed by atoms with Gasteiger partial charge < -0.3 is 10.5 Å². The molecule has 1 aliphatic rings. The molecule has 1 saturated heterocycles. The summed E-state index contributed by atoms with van der Waals surface area (Å²) in [5.74, 6) is 0.854. The first-order valence-corrected chi connectivity index (χ1v) is 6.81. The summed E-state index contributed by atoms with van der Waals surface area (Å²) >= 11 is 0. The number of likely N-dealkylation sites (tertiary alicyclic amines) is 1. The predicted molar refractivity (Wildman–Crippen MR) is 77.3 cm³/mol. The van der Waals surface area contributed by atoms with Gasteiger partial charge in [-0.2, -0.15) is 0 Å². The Morgan fingerprint density at radius 1 is 1.47 bits per heavy atom. The number of methoxy groups -OCH3 is 1. The maximum atomic E-state index is 7.60. The maximum Gasteiger partial charge on any atom is 0.0924 e. The van der Waals surface area contributed by atoms with Gasteiger partial charge >= 0.3 is 0 Å². The fourth-order valence-electron chi connectivity index (χ4n) is 2.86. The molecule has 4 nitrogen and oxygen atoms in total. The molecule has 0 radical (unpaired) electrons. The molecule has 1 heterocycles. The average molecular weight is 261 g/mol. The first kappa shape index (κ1) is 14.0. The first-order valence-electron chi connectivity index (χ1n) is 6.81. The highest BCUT2D eigenvalue weighted by Crippen LogP contribution is 2.30. The van der Waals surface area contributed by atoms with Crippen molar-refractivity contribution in [1.82, 2.24) is 4.90 Å². The molecule has 1 aromatic rings. The fourth-order valence-corrected chi connectivity index (χ4v) is 2.86. The molecule has 0 aromatic heterocycles. The van der Waals surface area contributed by atoms with E-state index < -0.39 is 0 Å². The van der Waals surface area contributed by atoms with Gasteiger partial charge in [-0.15, -0.1) is 0 Å². The summed E-state index contributed by atoms with van der Waals surface area (Å²) in [6, 6.07) is 10.6. The Labute approximate surface area is 115 Å². The van der Waals surface area contributed by atoms with Gasteiger partial charge in [-0.05, 0) is 24.4 Å². The molecule has 0 saturated carbocycles. The van der Waals surface area contributed by atoms with Crippen molar-refractivity contribution >= 4 is 5.84 Å². The lowest BCUT2D eigenvalue weighted by Crippen LogP contribution is -2.30. The number of benzene rings is 1. The van der Waals surface area contributed by atoms with Crippen molar-refractivity contribution in [3.8, 4) is 0 Å². The van der Waals surface area contributed by atoms with Gasteiger partial charge in [0.15, 0.2) is 0 Å². The molecule has 2 unspecified atom stereocenters. The van der Waals surface area contributed by atoms with Gasteiger partial charge in [-0.1, -0.05) is 30.3 Å². The summed E-state index contributed by atoms with van der Waals surface area (Å²) in [5, 5.41) is 7.60. The van der Waals surface area contributed by atoms with Gasteiger partial charge in [0.1, 0.15) is 0 Å². The van der Waals surface area contributed by atoms with Crippen LogP contribution in [0.5, 0.6) is 0 Å². The summed E-state index contributed by atoms with van der Waals surface area (Å²) in [7, 11) is 1.76. The van der Waals surface area contributed by atoms with Crippen LogP contribution in [0.1, 0.15) is 24.4 Å². The van der Waals surface area contributed by atoms with E-state index in [2.05, 4.69) is 17.0 Å². The highest BCUT2D eigenvalue weighted by molar-refractivity contribution is 5.77. The topological polar surface area (TPSA) is 62.3 Å². The molecule has 1 aromatic carbocycles. The summed E-state index contributed by atoms with van der Waals surface area (Å²) in [6.45, 7) is 2.90. The maximum absolute atomic E-state index is 7.60. The highest BCUT2D eigenvalue weighted by Gasteiger charge is 2.29. The minimum Gasteiger partial charge on any atom is -0.388 e. The zero-order valence-electron chi connectivity index (χ0n) is 11.5. The lowest BCUT2D eigenvalue weighted by Gasteiger charge is -2.28. The van der Waals surface area contributed by atoms with Gasteiger partial charge in [0.05, 0.1) is 12.4 Å². The number of rotatable bonds is 6. The van der Waals surface area contributed by atoms with E-state index in [0.29, 0.717) is 12.3 Å². The van der Waals surface area contributed by atoms with Crippen LogP contribution in [0, 0.1) is 11.3 Å². The second-order valence-electron chi connectivity index (χ2n) is 5.26. The molecule has 19 heavy (non-hydrogen) atoms. The normalized spacial score (nSPS) is 21.4. The van der Waals surface area contributed by atoms with Gasteiger partial charge in [0.2, 0.25) is 0 Å². The van der Waals surface area contributed by atoms with Gasteiger partial charge in [-0.25, -0.2) is 0 Å². The predicted octanol–water partition coefficient (Wildman–Crippen LogP) is 2.02. The van der Waals surface area contributed by atoms with E-state index in [1.54, 1.807) is 7.11 Å². The van der Waals surface area contributed by atoms with E-state index in [1.807, 2.05) is 18.2 Å². The molecule has 2 rings (SSSR count). The van der Waals surface area contributed by atoms with Crippen LogP contribution in [0.4, 0.5) is 0 Å². The number of ether oxygens (including phenoxy) is 1. The minimum absolute atomic E-state index is 0.223. The van der Waals surface area contributed by atoms with Crippen molar-refractivity contribution in [2.45, 2.75) is 18.9 Å². The minimum atomic E-state index is 0.223. The van der Waals surface area contributed by atoms with Gasteiger partial charge in [0.25, 0.3) is 0 Å². The second kappa shape index (κ2) is 6.68. The van der Waals surface area contributed by atoms with Crippen molar-refractivity contribution in [2.75, 3.05) is 26.8 Å². The molecule has 3 N–H and O–H groups in total. The van der Waals surface area contributed by atoms with Crippen LogP contribution < -0.4 is 5.73 Å². The van der Waals surface area contributed by atoms with Gasteiger partial charge in [0, 0.05) is 26.1 Å². The monoisotopic (exact) mass is 261 g/mol. The van der Waals surface area contributed by atoms with E-state index in [-0.39, 0.29) is 11.9 Å².